The number of benzene rings is 1. The first-order chi connectivity index (χ1) is 13.5. The quantitative estimate of drug-likeness (QED) is 0.673. The SMILES string of the molecule is COc1ccc(/C=C/c2nc3sc4c(c3c(=O)[nH]2)CCCC4)cc1OC(F)F. The Morgan fingerprint density at radius 3 is 2.82 bits per heavy atom. The lowest BCUT2D eigenvalue weighted by atomic mass is 9.97. The van der Waals surface area contributed by atoms with E-state index in [1.165, 1.54) is 18.1 Å². The summed E-state index contributed by atoms with van der Waals surface area (Å²) in [7, 11) is 1.38. The van der Waals surface area contributed by atoms with Gasteiger partial charge in [-0.25, -0.2) is 4.98 Å². The van der Waals surface area contributed by atoms with Gasteiger partial charge in [-0.15, -0.1) is 11.3 Å². The van der Waals surface area contributed by atoms with Gasteiger partial charge in [0.15, 0.2) is 11.5 Å². The van der Waals surface area contributed by atoms with E-state index in [0.29, 0.717) is 16.8 Å². The molecule has 2 heterocycles. The standard InChI is InChI=1S/C20H18F2N2O3S/c1-26-13-8-6-11(10-14(13)27-20(21)22)7-9-16-23-18(25)17-12-4-2-3-5-15(12)28-19(17)24-16/h6-10,20H,2-5H2,1H3,(H,23,24,25)/b9-7+. The molecule has 0 bridgehead atoms. The average molecular weight is 404 g/mol. The zero-order valence-corrected chi connectivity index (χ0v) is 15.9. The van der Waals surface area contributed by atoms with Gasteiger partial charge in [0.05, 0.1) is 12.5 Å². The number of fused-ring (bicyclic) bond motifs is 3. The van der Waals surface area contributed by atoms with E-state index in [0.717, 1.165) is 36.1 Å². The molecule has 0 amide bonds. The van der Waals surface area contributed by atoms with Gasteiger partial charge in [-0.2, -0.15) is 8.78 Å². The summed E-state index contributed by atoms with van der Waals surface area (Å²) in [5.41, 5.74) is 1.62. The van der Waals surface area contributed by atoms with Crippen molar-refractivity contribution in [2.75, 3.05) is 7.11 Å². The number of aryl methyl sites for hydroxylation is 2. The number of hydrogen-bond acceptors (Lipinski definition) is 5. The number of ether oxygens (including phenoxy) is 2. The van der Waals surface area contributed by atoms with Gasteiger partial charge in [0, 0.05) is 4.88 Å². The first-order valence-electron chi connectivity index (χ1n) is 8.90. The number of methoxy groups -OCH3 is 1. The number of H-pyrrole nitrogens is 1. The lowest BCUT2D eigenvalue weighted by molar-refractivity contribution is -0.0512. The smallest absolute Gasteiger partial charge is 0.387 e. The normalized spacial score (nSPS) is 14.0. The van der Waals surface area contributed by atoms with Crippen LogP contribution in [0.4, 0.5) is 8.78 Å². The van der Waals surface area contributed by atoms with Crippen LogP contribution in [0.1, 0.15) is 34.7 Å². The van der Waals surface area contributed by atoms with Crippen LogP contribution in [0.2, 0.25) is 0 Å². The number of hydrogen-bond donors (Lipinski definition) is 1. The Morgan fingerprint density at radius 1 is 1.21 bits per heavy atom. The molecule has 0 radical (unpaired) electrons. The van der Waals surface area contributed by atoms with Crippen molar-refractivity contribution in [3.63, 3.8) is 0 Å². The van der Waals surface area contributed by atoms with Gasteiger partial charge in [0.2, 0.25) is 0 Å². The lowest BCUT2D eigenvalue weighted by Crippen LogP contribution is -2.11. The van der Waals surface area contributed by atoms with E-state index in [9.17, 15) is 13.6 Å². The van der Waals surface area contributed by atoms with Crippen LogP contribution in [0.25, 0.3) is 22.4 Å². The molecule has 0 saturated heterocycles. The maximum absolute atomic E-state index is 12.6. The Balaban J connectivity index is 1.66. The molecule has 1 N–H and O–H groups in total. The summed E-state index contributed by atoms with van der Waals surface area (Å²) in [5.74, 6) is 0.584. The highest BCUT2D eigenvalue weighted by Gasteiger charge is 2.19. The van der Waals surface area contributed by atoms with Crippen molar-refractivity contribution in [1.82, 2.24) is 9.97 Å². The van der Waals surface area contributed by atoms with Crippen molar-refractivity contribution in [1.29, 1.82) is 0 Å². The van der Waals surface area contributed by atoms with Crippen molar-refractivity contribution in [2.24, 2.45) is 0 Å². The molecule has 5 nitrogen and oxygen atoms in total. The molecule has 0 unspecified atom stereocenters. The van der Waals surface area contributed by atoms with E-state index >= 15 is 0 Å². The number of aromatic amines is 1. The van der Waals surface area contributed by atoms with Crippen molar-refractivity contribution in [2.45, 2.75) is 32.3 Å². The highest BCUT2D eigenvalue weighted by atomic mass is 32.1. The van der Waals surface area contributed by atoms with Gasteiger partial charge in [0.1, 0.15) is 10.7 Å². The molecule has 2 aromatic heterocycles. The Hall–Kier alpha value is -2.74. The Bertz CT molecular complexity index is 1100. The summed E-state index contributed by atoms with van der Waals surface area (Å²) in [6, 6.07) is 4.69. The second-order valence-corrected chi connectivity index (χ2v) is 7.55. The minimum Gasteiger partial charge on any atom is -0.493 e. The zero-order chi connectivity index (χ0) is 19.7. The molecular formula is C20H18F2N2O3S. The van der Waals surface area contributed by atoms with Gasteiger partial charge in [-0.1, -0.05) is 12.1 Å². The van der Waals surface area contributed by atoms with E-state index in [4.69, 9.17) is 4.74 Å². The van der Waals surface area contributed by atoms with Gasteiger partial charge in [-0.3, -0.25) is 4.79 Å². The second kappa shape index (κ2) is 7.71. The molecule has 4 rings (SSSR count). The fourth-order valence-electron chi connectivity index (χ4n) is 3.42. The molecule has 1 aliphatic rings. The molecule has 0 atom stereocenters. The fourth-order valence-corrected chi connectivity index (χ4v) is 4.69. The van der Waals surface area contributed by atoms with E-state index < -0.39 is 6.61 Å². The van der Waals surface area contributed by atoms with Gasteiger partial charge >= 0.3 is 6.61 Å². The Labute approximate surface area is 163 Å². The van der Waals surface area contributed by atoms with Crippen LogP contribution in [0.15, 0.2) is 23.0 Å². The van der Waals surface area contributed by atoms with Gasteiger partial charge < -0.3 is 14.5 Å². The number of rotatable bonds is 5. The number of thiophene rings is 1. The van der Waals surface area contributed by atoms with Crippen LogP contribution in [0.5, 0.6) is 11.5 Å². The predicted molar refractivity (Wildman–Crippen MR) is 105 cm³/mol. The zero-order valence-electron chi connectivity index (χ0n) is 15.1. The molecule has 0 aliphatic heterocycles. The van der Waals surface area contributed by atoms with Gasteiger partial charge in [-0.05, 0) is 55.0 Å². The van der Waals surface area contributed by atoms with Crippen LogP contribution in [0.3, 0.4) is 0 Å². The Kier molecular flexibility index (Phi) is 5.13. The maximum Gasteiger partial charge on any atom is 0.387 e. The number of nitrogens with one attached hydrogen (secondary N) is 1. The summed E-state index contributed by atoms with van der Waals surface area (Å²) in [6.07, 6.45) is 7.49. The summed E-state index contributed by atoms with van der Waals surface area (Å²) >= 11 is 1.58. The molecule has 0 saturated carbocycles. The molecule has 0 spiro atoms. The minimum atomic E-state index is -2.95. The molecule has 28 heavy (non-hydrogen) atoms. The molecule has 8 heteroatoms. The fraction of sp³-hybridized carbons (Fsp3) is 0.300. The van der Waals surface area contributed by atoms with Crippen molar-refractivity contribution in [3.05, 3.63) is 50.4 Å². The topological polar surface area (TPSA) is 64.2 Å². The van der Waals surface area contributed by atoms with Gasteiger partial charge in [0.25, 0.3) is 5.56 Å². The van der Waals surface area contributed by atoms with Crippen LogP contribution < -0.4 is 15.0 Å². The highest BCUT2D eigenvalue weighted by molar-refractivity contribution is 7.18. The molecule has 1 aliphatic carbocycles. The van der Waals surface area contributed by atoms with E-state index in [1.54, 1.807) is 35.6 Å². The minimum absolute atomic E-state index is 0.0533. The summed E-state index contributed by atoms with van der Waals surface area (Å²) < 4.78 is 34.6. The first kappa shape index (κ1) is 18.6. The highest BCUT2D eigenvalue weighted by Crippen LogP contribution is 2.34. The van der Waals surface area contributed by atoms with Crippen LogP contribution >= 0.6 is 11.3 Å². The van der Waals surface area contributed by atoms with E-state index in [2.05, 4.69) is 14.7 Å². The number of alkyl halides is 2. The molecule has 1 aromatic carbocycles. The van der Waals surface area contributed by atoms with E-state index in [1.807, 2.05) is 0 Å². The first-order valence-corrected chi connectivity index (χ1v) is 9.72. The summed E-state index contributed by atoms with van der Waals surface area (Å²) in [6.45, 7) is -2.95. The van der Waals surface area contributed by atoms with Crippen LogP contribution in [0, 0.1) is 0 Å². The third-order valence-electron chi connectivity index (χ3n) is 4.68. The van der Waals surface area contributed by atoms with Crippen molar-refractivity contribution in [3.8, 4) is 11.5 Å². The van der Waals surface area contributed by atoms with Crippen molar-refractivity contribution >= 4 is 33.7 Å². The third-order valence-corrected chi connectivity index (χ3v) is 5.87. The van der Waals surface area contributed by atoms with Crippen LogP contribution in [-0.4, -0.2) is 23.7 Å². The number of aromatic nitrogens is 2. The van der Waals surface area contributed by atoms with E-state index in [-0.39, 0.29) is 17.1 Å². The lowest BCUT2D eigenvalue weighted by Gasteiger charge is -2.10. The monoisotopic (exact) mass is 404 g/mol. The Morgan fingerprint density at radius 2 is 2.04 bits per heavy atom. The molecular weight excluding hydrogens is 386 g/mol. The number of nitrogens with zero attached hydrogens (tertiary/aromatic N) is 1. The average Bonchev–Trinajstić information content (AvgIpc) is 3.05. The molecule has 0 fully saturated rings. The summed E-state index contributed by atoms with van der Waals surface area (Å²) in [5, 5.41) is 0.703. The van der Waals surface area contributed by atoms with Crippen molar-refractivity contribution < 1.29 is 18.3 Å². The maximum atomic E-state index is 12.6. The third kappa shape index (κ3) is 3.64. The van der Waals surface area contributed by atoms with Crippen LogP contribution in [-0.2, 0) is 12.8 Å². The number of halogens is 2. The predicted octanol–water partition coefficient (Wildman–Crippen LogP) is 4.64. The second-order valence-electron chi connectivity index (χ2n) is 6.46. The largest absolute Gasteiger partial charge is 0.493 e. The molecule has 146 valence electrons. The summed E-state index contributed by atoms with van der Waals surface area (Å²) in [4.78, 5) is 21.9. The molecule has 3 aromatic rings.